The summed E-state index contributed by atoms with van der Waals surface area (Å²) in [7, 11) is 0. The molecule has 0 atom stereocenters. The van der Waals surface area contributed by atoms with Crippen LogP contribution in [0.15, 0.2) is 67.3 Å². The van der Waals surface area contributed by atoms with E-state index in [1.54, 1.807) is 43.0 Å². The van der Waals surface area contributed by atoms with Crippen molar-refractivity contribution in [3.63, 3.8) is 0 Å². The number of carbonyl (C=O) groups is 1. The number of aromatic amines is 2. The molecule has 39 heavy (non-hydrogen) atoms. The van der Waals surface area contributed by atoms with Gasteiger partial charge in [-0.1, -0.05) is 18.9 Å². The van der Waals surface area contributed by atoms with Crippen molar-refractivity contribution in [1.82, 2.24) is 35.1 Å². The summed E-state index contributed by atoms with van der Waals surface area (Å²) in [6.45, 7) is 0. The number of hydrogen-bond acceptors (Lipinski definition) is 6. The number of carbonyl (C=O) groups excluding carboxylic acids is 1. The van der Waals surface area contributed by atoms with Crippen LogP contribution in [0.1, 0.15) is 25.7 Å². The topological polar surface area (TPSA) is 125 Å². The number of pyridine rings is 3. The number of nitrogens with one attached hydrogen (secondary N) is 3. The molecule has 9 nitrogen and oxygen atoms in total. The first-order chi connectivity index (χ1) is 19.2. The zero-order valence-corrected chi connectivity index (χ0v) is 20.8. The highest BCUT2D eigenvalue weighted by atomic mass is 19.1. The molecule has 0 bridgehead atoms. The van der Waals surface area contributed by atoms with E-state index >= 15 is 4.39 Å². The van der Waals surface area contributed by atoms with Gasteiger partial charge in [-0.15, -0.1) is 0 Å². The minimum absolute atomic E-state index is 0.0111. The predicted molar refractivity (Wildman–Crippen MR) is 146 cm³/mol. The number of halogens is 1. The number of fused-ring (bicyclic) bond motifs is 2. The molecule has 3 N–H and O–H groups in total. The third-order valence-corrected chi connectivity index (χ3v) is 7.27. The van der Waals surface area contributed by atoms with Gasteiger partial charge in [0, 0.05) is 41.2 Å². The number of nitrogens with zero attached hydrogens (tertiary/aromatic N) is 5. The van der Waals surface area contributed by atoms with Crippen molar-refractivity contribution >= 4 is 33.7 Å². The summed E-state index contributed by atoms with van der Waals surface area (Å²) in [5, 5.41) is 10.5. The monoisotopic (exact) mass is 518 g/mol. The maximum absolute atomic E-state index is 16.1. The lowest BCUT2D eigenvalue weighted by Crippen LogP contribution is -2.20. The van der Waals surface area contributed by atoms with Crippen molar-refractivity contribution in [2.24, 2.45) is 5.92 Å². The second-order valence-electron chi connectivity index (χ2n) is 9.71. The van der Waals surface area contributed by atoms with Gasteiger partial charge in [0.25, 0.3) is 0 Å². The summed E-state index contributed by atoms with van der Waals surface area (Å²) in [4.78, 5) is 33.6. The second kappa shape index (κ2) is 9.39. The number of benzene rings is 1. The third-order valence-electron chi connectivity index (χ3n) is 7.27. The van der Waals surface area contributed by atoms with E-state index in [1.165, 1.54) is 0 Å². The first kappa shape index (κ1) is 23.2. The number of hydrogen-bond donors (Lipinski definition) is 3. The van der Waals surface area contributed by atoms with Crippen LogP contribution in [0.25, 0.3) is 56.0 Å². The highest BCUT2D eigenvalue weighted by Gasteiger charge is 2.24. The van der Waals surface area contributed by atoms with Crippen molar-refractivity contribution in [1.29, 1.82) is 0 Å². The summed E-state index contributed by atoms with van der Waals surface area (Å²) in [6, 6.07) is 12.7. The lowest BCUT2D eigenvalue weighted by Gasteiger charge is -2.11. The van der Waals surface area contributed by atoms with E-state index in [0.717, 1.165) is 36.9 Å². The molecule has 7 rings (SSSR count). The first-order valence-corrected chi connectivity index (χ1v) is 12.8. The molecule has 1 aliphatic rings. The van der Waals surface area contributed by atoms with Gasteiger partial charge < -0.3 is 10.3 Å². The second-order valence-corrected chi connectivity index (χ2v) is 9.71. The Labute approximate surface area is 222 Å². The van der Waals surface area contributed by atoms with Gasteiger partial charge in [0.1, 0.15) is 11.5 Å². The van der Waals surface area contributed by atoms with E-state index in [1.807, 2.05) is 24.3 Å². The zero-order valence-electron chi connectivity index (χ0n) is 20.8. The van der Waals surface area contributed by atoms with Gasteiger partial charge in [0.15, 0.2) is 11.5 Å². The van der Waals surface area contributed by atoms with Crippen LogP contribution in [0.5, 0.6) is 0 Å². The first-order valence-electron chi connectivity index (χ1n) is 12.8. The molecule has 192 valence electrons. The van der Waals surface area contributed by atoms with Gasteiger partial charge in [-0.2, -0.15) is 5.10 Å². The molecule has 1 aromatic carbocycles. The molecule has 1 fully saturated rings. The number of anilines is 1. The van der Waals surface area contributed by atoms with Crippen LogP contribution in [0.3, 0.4) is 0 Å². The molecule has 1 saturated carbocycles. The van der Waals surface area contributed by atoms with Gasteiger partial charge in [0.2, 0.25) is 5.91 Å². The summed E-state index contributed by atoms with van der Waals surface area (Å²) in [6.07, 6.45) is 10.5. The Morgan fingerprint density at radius 2 is 1.90 bits per heavy atom. The molecule has 0 aliphatic heterocycles. The Hall–Kier alpha value is -4.99. The number of imidazole rings is 1. The Bertz CT molecular complexity index is 1840. The van der Waals surface area contributed by atoms with Crippen LogP contribution in [0.4, 0.5) is 10.1 Å². The molecule has 5 heterocycles. The van der Waals surface area contributed by atoms with Gasteiger partial charge in [0.05, 0.1) is 34.0 Å². The molecule has 1 amide bonds. The quantitative estimate of drug-likeness (QED) is 0.261. The van der Waals surface area contributed by atoms with Crippen molar-refractivity contribution < 1.29 is 9.18 Å². The van der Waals surface area contributed by atoms with Crippen LogP contribution in [-0.2, 0) is 4.79 Å². The number of aromatic nitrogens is 7. The molecule has 0 radical (unpaired) electrons. The van der Waals surface area contributed by atoms with Crippen molar-refractivity contribution in [3.8, 4) is 33.9 Å². The van der Waals surface area contributed by atoms with Gasteiger partial charge in [-0.25, -0.2) is 14.4 Å². The van der Waals surface area contributed by atoms with E-state index in [0.29, 0.717) is 50.4 Å². The average Bonchev–Trinajstić information content (AvgIpc) is 3.73. The predicted octanol–water partition coefficient (Wildman–Crippen LogP) is 5.89. The van der Waals surface area contributed by atoms with Crippen LogP contribution < -0.4 is 5.32 Å². The van der Waals surface area contributed by atoms with Crippen LogP contribution in [-0.4, -0.2) is 41.0 Å². The number of rotatable bonds is 5. The van der Waals surface area contributed by atoms with Gasteiger partial charge in [-0.3, -0.25) is 19.9 Å². The fourth-order valence-corrected chi connectivity index (χ4v) is 5.31. The Kier molecular flexibility index (Phi) is 5.58. The Morgan fingerprint density at radius 1 is 1.00 bits per heavy atom. The summed E-state index contributed by atoms with van der Waals surface area (Å²) < 4.78 is 16.1. The van der Waals surface area contributed by atoms with Crippen molar-refractivity contribution in [2.45, 2.75) is 25.7 Å². The largest absolute Gasteiger partial charge is 0.335 e. The van der Waals surface area contributed by atoms with Gasteiger partial charge in [-0.05, 0) is 49.2 Å². The highest BCUT2D eigenvalue weighted by Crippen LogP contribution is 2.35. The molecule has 6 aromatic rings. The molecule has 1 aliphatic carbocycles. The normalized spacial score (nSPS) is 13.9. The molecule has 5 aromatic heterocycles. The molecule has 10 heteroatoms. The lowest BCUT2D eigenvalue weighted by molar-refractivity contribution is -0.119. The van der Waals surface area contributed by atoms with E-state index in [2.05, 4.69) is 40.4 Å². The number of amides is 1. The molecule has 0 unspecified atom stereocenters. The molecular weight excluding hydrogens is 495 g/mol. The smallest absolute Gasteiger partial charge is 0.227 e. The minimum Gasteiger partial charge on any atom is -0.335 e. The summed E-state index contributed by atoms with van der Waals surface area (Å²) in [5.41, 5.74) is 5.09. The minimum atomic E-state index is -0.462. The van der Waals surface area contributed by atoms with Crippen LogP contribution >= 0.6 is 0 Å². The molecule has 0 saturated heterocycles. The standard InChI is InChI=1S/C29H23FN8O/c30-24-19(17-13-18(15-31-14-17)34-29(39)16-5-1-2-6-16)8-9-22-23(24)26(38-37-22)28-35-25-20(10-12-33-27(25)36-28)21-7-3-4-11-32-21/h3-4,7-16H,1-2,5-6H2,(H,34,39)(H,37,38)(H,33,35,36). The van der Waals surface area contributed by atoms with E-state index < -0.39 is 5.82 Å². The van der Waals surface area contributed by atoms with E-state index in [9.17, 15) is 4.79 Å². The van der Waals surface area contributed by atoms with E-state index in [4.69, 9.17) is 0 Å². The van der Waals surface area contributed by atoms with Crippen LogP contribution in [0, 0.1) is 11.7 Å². The maximum atomic E-state index is 16.1. The SMILES string of the molecule is O=C(Nc1cncc(-c2ccc3[nH]nc(-c4nc5nccc(-c6ccccn6)c5[nH]4)c3c2F)c1)C1CCCC1. The number of H-pyrrole nitrogens is 2. The fraction of sp³-hybridized carbons (Fsp3) is 0.172. The molecular formula is C29H23FN8O. The Balaban J connectivity index is 1.28. The van der Waals surface area contributed by atoms with Crippen molar-refractivity contribution in [3.05, 3.63) is 73.1 Å². The van der Waals surface area contributed by atoms with E-state index in [-0.39, 0.29) is 11.8 Å². The third kappa shape index (κ3) is 4.10. The fourth-order valence-electron chi connectivity index (χ4n) is 5.31. The summed E-state index contributed by atoms with van der Waals surface area (Å²) in [5.74, 6) is -0.0654. The Morgan fingerprint density at radius 3 is 2.74 bits per heavy atom. The zero-order chi connectivity index (χ0) is 26.3. The lowest BCUT2D eigenvalue weighted by atomic mass is 10.0. The maximum Gasteiger partial charge on any atom is 0.227 e. The highest BCUT2D eigenvalue weighted by molar-refractivity contribution is 5.98. The van der Waals surface area contributed by atoms with Crippen molar-refractivity contribution in [2.75, 3.05) is 5.32 Å². The average molecular weight is 519 g/mol. The summed E-state index contributed by atoms with van der Waals surface area (Å²) >= 11 is 0. The van der Waals surface area contributed by atoms with Gasteiger partial charge >= 0.3 is 0 Å². The van der Waals surface area contributed by atoms with Crippen LogP contribution in [0.2, 0.25) is 0 Å². The molecule has 0 spiro atoms.